The molecule has 2 aromatic carbocycles. The van der Waals surface area contributed by atoms with Crippen molar-refractivity contribution in [3.05, 3.63) is 59.7 Å². The Morgan fingerprint density at radius 1 is 0.906 bits per heavy atom. The number of benzene rings is 2. The third-order valence-corrected chi connectivity index (χ3v) is 6.25. The van der Waals surface area contributed by atoms with Gasteiger partial charge in [-0.1, -0.05) is 45.0 Å². The zero-order valence-electron chi connectivity index (χ0n) is 18.9. The summed E-state index contributed by atoms with van der Waals surface area (Å²) in [5.41, 5.74) is 1.85. The molecule has 2 rings (SSSR count). The Morgan fingerprint density at radius 2 is 1.53 bits per heavy atom. The van der Waals surface area contributed by atoms with E-state index in [1.54, 1.807) is 43.5 Å². The van der Waals surface area contributed by atoms with Crippen molar-refractivity contribution in [2.24, 2.45) is 0 Å². The van der Waals surface area contributed by atoms with Crippen molar-refractivity contribution >= 4 is 21.8 Å². The summed E-state index contributed by atoms with van der Waals surface area (Å²) in [6.45, 7) is 6.22. The summed E-state index contributed by atoms with van der Waals surface area (Å²) >= 11 is 0. The van der Waals surface area contributed by atoms with Gasteiger partial charge in [0.25, 0.3) is 0 Å². The van der Waals surface area contributed by atoms with Crippen LogP contribution in [0.4, 0.5) is 0 Å². The molecular weight excluding hydrogens is 430 g/mol. The first-order valence-electron chi connectivity index (χ1n) is 10.3. The molecule has 2 aromatic rings. The fourth-order valence-electron chi connectivity index (χ4n) is 2.79. The van der Waals surface area contributed by atoms with Crippen LogP contribution >= 0.6 is 0 Å². The SMILES string of the molecule is COc1ccc(CNC(=O)CNC(=O)CCNS(=O)(=O)c2ccc(C(C)(C)C)cc2)cc1. The molecule has 9 heteroatoms. The lowest BCUT2D eigenvalue weighted by Gasteiger charge is -2.19. The van der Waals surface area contributed by atoms with Crippen molar-refractivity contribution in [1.29, 1.82) is 0 Å². The van der Waals surface area contributed by atoms with Gasteiger partial charge in [-0.2, -0.15) is 0 Å². The molecule has 0 atom stereocenters. The number of rotatable bonds is 10. The van der Waals surface area contributed by atoms with E-state index >= 15 is 0 Å². The molecule has 2 amide bonds. The molecule has 174 valence electrons. The van der Waals surface area contributed by atoms with Gasteiger partial charge in [0.2, 0.25) is 21.8 Å². The Labute approximate surface area is 189 Å². The van der Waals surface area contributed by atoms with E-state index in [1.807, 2.05) is 32.9 Å². The van der Waals surface area contributed by atoms with Crippen molar-refractivity contribution in [1.82, 2.24) is 15.4 Å². The Morgan fingerprint density at radius 3 is 2.09 bits per heavy atom. The van der Waals surface area contributed by atoms with Crippen LogP contribution in [0.15, 0.2) is 53.4 Å². The maximum absolute atomic E-state index is 12.4. The van der Waals surface area contributed by atoms with Crippen LogP contribution in [0.3, 0.4) is 0 Å². The minimum Gasteiger partial charge on any atom is -0.497 e. The first kappa shape index (κ1) is 25.4. The molecule has 0 fully saturated rings. The van der Waals surface area contributed by atoms with Gasteiger partial charge < -0.3 is 15.4 Å². The number of carbonyl (C=O) groups is 2. The van der Waals surface area contributed by atoms with Gasteiger partial charge in [0, 0.05) is 19.5 Å². The second-order valence-corrected chi connectivity index (χ2v) is 10.1. The van der Waals surface area contributed by atoms with Crippen LogP contribution in [0, 0.1) is 0 Å². The van der Waals surface area contributed by atoms with Gasteiger partial charge in [-0.3, -0.25) is 9.59 Å². The van der Waals surface area contributed by atoms with Crippen molar-refractivity contribution in [3.63, 3.8) is 0 Å². The molecule has 0 aliphatic carbocycles. The summed E-state index contributed by atoms with van der Waals surface area (Å²) in [7, 11) is -2.13. The Hall–Kier alpha value is -2.91. The average molecular weight is 462 g/mol. The quantitative estimate of drug-likeness (QED) is 0.501. The number of hydrogen-bond donors (Lipinski definition) is 3. The molecule has 0 saturated carbocycles. The predicted molar refractivity (Wildman–Crippen MR) is 123 cm³/mol. The van der Waals surface area contributed by atoms with Crippen LogP contribution in [-0.2, 0) is 31.6 Å². The number of sulfonamides is 1. The van der Waals surface area contributed by atoms with Gasteiger partial charge in [0.05, 0.1) is 18.6 Å². The summed E-state index contributed by atoms with van der Waals surface area (Å²) in [5, 5.41) is 5.18. The monoisotopic (exact) mass is 461 g/mol. The zero-order chi connectivity index (χ0) is 23.8. The van der Waals surface area contributed by atoms with Gasteiger partial charge in [0.1, 0.15) is 5.75 Å². The third-order valence-electron chi connectivity index (χ3n) is 4.77. The lowest BCUT2D eigenvalue weighted by molar-refractivity contribution is -0.126. The molecule has 32 heavy (non-hydrogen) atoms. The number of carbonyl (C=O) groups excluding carboxylic acids is 2. The topological polar surface area (TPSA) is 114 Å². The largest absolute Gasteiger partial charge is 0.497 e. The maximum atomic E-state index is 12.4. The normalized spacial score (nSPS) is 11.6. The van der Waals surface area contributed by atoms with Crippen molar-refractivity contribution in [2.45, 2.75) is 44.0 Å². The molecule has 0 heterocycles. The van der Waals surface area contributed by atoms with Crippen LogP contribution < -0.4 is 20.1 Å². The molecule has 0 saturated heterocycles. The van der Waals surface area contributed by atoms with Gasteiger partial charge in [-0.25, -0.2) is 13.1 Å². The van der Waals surface area contributed by atoms with E-state index in [-0.39, 0.29) is 35.7 Å². The molecule has 0 radical (unpaired) electrons. The molecule has 0 aliphatic heterocycles. The second-order valence-electron chi connectivity index (χ2n) is 8.32. The molecule has 0 spiro atoms. The molecule has 0 unspecified atom stereocenters. The summed E-state index contributed by atoms with van der Waals surface area (Å²) in [6.07, 6.45) is -0.0783. The van der Waals surface area contributed by atoms with Gasteiger partial charge >= 0.3 is 0 Å². The van der Waals surface area contributed by atoms with E-state index in [0.29, 0.717) is 6.54 Å². The molecule has 0 bridgehead atoms. The van der Waals surface area contributed by atoms with Gasteiger partial charge in [-0.05, 0) is 40.8 Å². The average Bonchev–Trinajstić information content (AvgIpc) is 2.76. The molecule has 3 N–H and O–H groups in total. The van der Waals surface area contributed by atoms with E-state index in [4.69, 9.17) is 4.74 Å². The summed E-state index contributed by atoms with van der Waals surface area (Å²) in [5.74, 6) is -0.0334. The standard InChI is InChI=1S/C23H31N3O5S/c1-23(2,3)18-7-11-20(12-8-18)32(29,30)26-14-13-21(27)25-16-22(28)24-15-17-5-9-19(31-4)10-6-17/h5-12,26H,13-16H2,1-4H3,(H,24,28)(H,25,27). The highest BCUT2D eigenvalue weighted by Gasteiger charge is 2.17. The number of ether oxygens (including phenoxy) is 1. The second kappa shape index (κ2) is 11.1. The highest BCUT2D eigenvalue weighted by molar-refractivity contribution is 7.89. The molecular formula is C23H31N3O5S. The van der Waals surface area contributed by atoms with Gasteiger partial charge in [0.15, 0.2) is 0 Å². The third kappa shape index (κ3) is 7.97. The summed E-state index contributed by atoms with van der Waals surface area (Å²) < 4.78 is 32.3. The smallest absolute Gasteiger partial charge is 0.240 e. The maximum Gasteiger partial charge on any atom is 0.240 e. The van der Waals surface area contributed by atoms with Crippen molar-refractivity contribution in [2.75, 3.05) is 20.2 Å². The molecule has 8 nitrogen and oxygen atoms in total. The van der Waals surface area contributed by atoms with E-state index < -0.39 is 15.9 Å². The van der Waals surface area contributed by atoms with Gasteiger partial charge in [-0.15, -0.1) is 0 Å². The van der Waals surface area contributed by atoms with Crippen LogP contribution in [0.1, 0.15) is 38.3 Å². The van der Waals surface area contributed by atoms with Crippen molar-refractivity contribution < 1.29 is 22.7 Å². The molecule has 0 aromatic heterocycles. The fraction of sp³-hybridized carbons (Fsp3) is 0.391. The zero-order valence-corrected chi connectivity index (χ0v) is 19.7. The Bertz CT molecular complexity index is 1010. The van der Waals surface area contributed by atoms with E-state index in [9.17, 15) is 18.0 Å². The van der Waals surface area contributed by atoms with E-state index in [2.05, 4.69) is 15.4 Å². The lowest BCUT2D eigenvalue weighted by Crippen LogP contribution is -2.38. The number of methoxy groups -OCH3 is 1. The Kier molecular flexibility index (Phi) is 8.80. The van der Waals surface area contributed by atoms with Crippen molar-refractivity contribution in [3.8, 4) is 5.75 Å². The summed E-state index contributed by atoms with van der Waals surface area (Å²) in [6, 6.07) is 13.9. The lowest BCUT2D eigenvalue weighted by atomic mass is 9.87. The van der Waals surface area contributed by atoms with Crippen LogP contribution in [0.5, 0.6) is 5.75 Å². The Balaban J connectivity index is 1.71. The first-order chi connectivity index (χ1) is 15.0. The number of hydrogen-bond acceptors (Lipinski definition) is 5. The number of amides is 2. The van der Waals surface area contributed by atoms with Crippen LogP contribution in [-0.4, -0.2) is 40.4 Å². The highest BCUT2D eigenvalue weighted by Crippen LogP contribution is 2.23. The highest BCUT2D eigenvalue weighted by atomic mass is 32.2. The summed E-state index contributed by atoms with van der Waals surface area (Å²) in [4.78, 5) is 24.0. The predicted octanol–water partition coefficient (Wildman–Crippen LogP) is 2.09. The fourth-order valence-corrected chi connectivity index (χ4v) is 3.82. The number of nitrogens with one attached hydrogen (secondary N) is 3. The van der Waals surface area contributed by atoms with E-state index in [1.165, 1.54) is 0 Å². The first-order valence-corrected chi connectivity index (χ1v) is 11.8. The minimum atomic E-state index is -3.71. The van der Waals surface area contributed by atoms with Crippen LogP contribution in [0.2, 0.25) is 0 Å². The minimum absolute atomic E-state index is 0.0668. The molecule has 0 aliphatic rings. The van der Waals surface area contributed by atoms with Crippen LogP contribution in [0.25, 0.3) is 0 Å². The van der Waals surface area contributed by atoms with E-state index in [0.717, 1.165) is 16.9 Å².